The number of rotatable bonds is 5. The zero-order valence-corrected chi connectivity index (χ0v) is 18.0. The van der Waals surface area contributed by atoms with E-state index >= 15 is 0 Å². The smallest absolute Gasteiger partial charge is 0.338 e. The number of carbonyl (C=O) groups excluding carboxylic acids is 1. The van der Waals surface area contributed by atoms with Crippen LogP contribution in [0.5, 0.6) is 0 Å². The number of carbonyl (C=O) groups is 1. The molecule has 0 unspecified atom stereocenters. The van der Waals surface area contributed by atoms with E-state index in [2.05, 4.69) is 19.9 Å². The second-order valence-corrected chi connectivity index (χ2v) is 7.24. The summed E-state index contributed by atoms with van der Waals surface area (Å²) in [6, 6.07) is 13.2. The number of fused-ring (bicyclic) bond motifs is 1. The molecule has 2 N–H and O–H groups in total. The molecular weight excluding hydrogens is 437 g/mol. The maximum Gasteiger partial charge on any atom is 0.338 e. The molecule has 1 aromatic carbocycles. The van der Waals surface area contributed by atoms with Crippen molar-refractivity contribution in [3.63, 3.8) is 0 Å². The maximum absolute atomic E-state index is 13.3. The van der Waals surface area contributed by atoms with E-state index in [1.54, 1.807) is 54.2 Å². The minimum absolute atomic E-state index is 0.286. The van der Waals surface area contributed by atoms with Crippen LogP contribution in [-0.2, 0) is 4.74 Å². The first-order valence-corrected chi connectivity index (χ1v) is 10.4. The molecule has 10 heteroatoms. The summed E-state index contributed by atoms with van der Waals surface area (Å²) in [7, 11) is 0. The number of esters is 1. The van der Waals surface area contributed by atoms with Crippen molar-refractivity contribution in [2.45, 2.75) is 6.92 Å². The van der Waals surface area contributed by atoms with E-state index in [0.29, 0.717) is 51.1 Å². The second-order valence-electron chi connectivity index (χ2n) is 7.24. The molecule has 0 aliphatic carbocycles. The molecule has 5 rings (SSSR count). The molecule has 0 amide bonds. The van der Waals surface area contributed by atoms with Gasteiger partial charge in [-0.25, -0.2) is 34.1 Å². The van der Waals surface area contributed by atoms with Gasteiger partial charge in [0.05, 0.1) is 30.1 Å². The zero-order valence-electron chi connectivity index (χ0n) is 18.0. The summed E-state index contributed by atoms with van der Waals surface area (Å²) in [5.41, 5.74) is 9.27. The number of nitrogens with zero attached hydrogens (tertiary/aromatic N) is 6. The molecule has 0 aliphatic rings. The first kappa shape index (κ1) is 21.1. The Kier molecular flexibility index (Phi) is 5.38. The Morgan fingerprint density at radius 3 is 2.56 bits per heavy atom. The van der Waals surface area contributed by atoms with Gasteiger partial charge in [-0.05, 0) is 55.5 Å². The first-order valence-electron chi connectivity index (χ1n) is 10.4. The highest BCUT2D eigenvalue weighted by molar-refractivity contribution is 5.90. The van der Waals surface area contributed by atoms with Crippen molar-refractivity contribution in [1.82, 2.24) is 29.5 Å². The highest BCUT2D eigenvalue weighted by Crippen LogP contribution is 2.31. The summed E-state index contributed by atoms with van der Waals surface area (Å²) < 4.78 is 20.2. The third-order valence-corrected chi connectivity index (χ3v) is 5.07. The van der Waals surface area contributed by atoms with Gasteiger partial charge in [0.2, 0.25) is 0 Å². The van der Waals surface area contributed by atoms with Crippen LogP contribution >= 0.6 is 0 Å². The van der Waals surface area contributed by atoms with Crippen molar-refractivity contribution >= 4 is 23.0 Å². The van der Waals surface area contributed by atoms with Crippen LogP contribution in [0, 0.1) is 5.82 Å². The van der Waals surface area contributed by atoms with Gasteiger partial charge in [-0.3, -0.25) is 4.57 Å². The number of nitrogen functional groups attached to an aromatic ring is 1. The van der Waals surface area contributed by atoms with Gasteiger partial charge < -0.3 is 10.5 Å². The van der Waals surface area contributed by atoms with E-state index in [1.807, 2.05) is 6.07 Å². The maximum atomic E-state index is 13.3. The van der Waals surface area contributed by atoms with Crippen molar-refractivity contribution in [3.05, 3.63) is 78.5 Å². The molecule has 4 aromatic heterocycles. The quantitative estimate of drug-likeness (QED) is 0.397. The largest absolute Gasteiger partial charge is 0.462 e. The second kappa shape index (κ2) is 8.66. The highest BCUT2D eigenvalue weighted by atomic mass is 19.1. The SMILES string of the molecule is CCOC(=O)c1ccc(-n2c(-c3cccnc3N)nc3cnc(-c4ccc(F)cn4)nc32)cc1. The number of aromatic nitrogens is 6. The van der Waals surface area contributed by atoms with E-state index < -0.39 is 11.8 Å². The number of anilines is 1. The number of benzene rings is 1. The summed E-state index contributed by atoms with van der Waals surface area (Å²) in [5, 5.41) is 0. The van der Waals surface area contributed by atoms with Crippen LogP contribution in [0.15, 0.2) is 67.1 Å². The number of hydrogen-bond donors (Lipinski definition) is 1. The standard InChI is InChI=1S/C24H18FN7O2/c1-2-34-24(33)14-5-8-16(9-6-14)32-22(17-4-3-11-27-20(17)26)30-19-13-29-21(31-23(19)32)18-10-7-15(25)12-28-18/h3-13H,2H2,1H3,(H2,26,27). The van der Waals surface area contributed by atoms with Crippen LogP contribution < -0.4 is 5.73 Å². The monoisotopic (exact) mass is 455 g/mol. The van der Waals surface area contributed by atoms with Crippen LogP contribution in [0.3, 0.4) is 0 Å². The van der Waals surface area contributed by atoms with Crippen LogP contribution in [0.1, 0.15) is 17.3 Å². The summed E-state index contributed by atoms with van der Waals surface area (Å²) in [6.45, 7) is 2.04. The topological polar surface area (TPSA) is 122 Å². The summed E-state index contributed by atoms with van der Waals surface area (Å²) in [4.78, 5) is 34.1. The lowest BCUT2D eigenvalue weighted by Gasteiger charge is -2.11. The van der Waals surface area contributed by atoms with E-state index in [4.69, 9.17) is 15.5 Å². The number of pyridine rings is 2. The van der Waals surface area contributed by atoms with Gasteiger partial charge in [0, 0.05) is 11.9 Å². The fourth-order valence-electron chi connectivity index (χ4n) is 3.50. The van der Waals surface area contributed by atoms with Gasteiger partial charge in [-0.2, -0.15) is 0 Å². The number of nitrogens with two attached hydrogens (primary N) is 1. The van der Waals surface area contributed by atoms with Crippen molar-refractivity contribution in [3.8, 4) is 28.6 Å². The average molecular weight is 455 g/mol. The van der Waals surface area contributed by atoms with Gasteiger partial charge in [0.15, 0.2) is 17.3 Å². The molecule has 9 nitrogen and oxygen atoms in total. The van der Waals surface area contributed by atoms with Gasteiger partial charge in [-0.1, -0.05) is 0 Å². The van der Waals surface area contributed by atoms with E-state index in [1.165, 1.54) is 12.1 Å². The Morgan fingerprint density at radius 1 is 1.03 bits per heavy atom. The Bertz CT molecular complexity index is 1500. The average Bonchev–Trinajstić information content (AvgIpc) is 3.23. The summed E-state index contributed by atoms with van der Waals surface area (Å²) in [5.74, 6) is 0.250. The normalized spacial score (nSPS) is 11.0. The molecule has 34 heavy (non-hydrogen) atoms. The molecule has 0 saturated heterocycles. The molecule has 0 radical (unpaired) electrons. The van der Waals surface area contributed by atoms with Crippen molar-refractivity contribution < 1.29 is 13.9 Å². The van der Waals surface area contributed by atoms with Crippen molar-refractivity contribution in [1.29, 1.82) is 0 Å². The molecule has 5 aromatic rings. The Hall–Kier alpha value is -4.73. The fourth-order valence-corrected chi connectivity index (χ4v) is 3.50. The Labute approximate surface area is 193 Å². The molecule has 0 atom stereocenters. The number of halogens is 1. The number of hydrogen-bond acceptors (Lipinski definition) is 8. The Balaban J connectivity index is 1.71. The molecule has 0 aliphatic heterocycles. The van der Waals surface area contributed by atoms with E-state index in [0.717, 1.165) is 6.20 Å². The van der Waals surface area contributed by atoms with Gasteiger partial charge in [0.25, 0.3) is 0 Å². The molecular formula is C24H18FN7O2. The summed E-state index contributed by atoms with van der Waals surface area (Å²) >= 11 is 0. The van der Waals surface area contributed by atoms with Crippen molar-refractivity contribution in [2.24, 2.45) is 0 Å². The molecule has 0 spiro atoms. The fraction of sp³-hybridized carbons (Fsp3) is 0.0833. The van der Waals surface area contributed by atoms with Crippen molar-refractivity contribution in [2.75, 3.05) is 12.3 Å². The summed E-state index contributed by atoms with van der Waals surface area (Å²) in [6.07, 6.45) is 4.27. The predicted molar refractivity (Wildman–Crippen MR) is 123 cm³/mol. The van der Waals surface area contributed by atoms with Gasteiger partial charge >= 0.3 is 5.97 Å². The highest BCUT2D eigenvalue weighted by Gasteiger charge is 2.20. The lowest BCUT2D eigenvalue weighted by atomic mass is 10.2. The molecule has 4 heterocycles. The molecule has 168 valence electrons. The Morgan fingerprint density at radius 2 is 1.85 bits per heavy atom. The predicted octanol–water partition coefficient (Wildman–Crippen LogP) is 3.84. The van der Waals surface area contributed by atoms with Gasteiger partial charge in [0.1, 0.15) is 22.8 Å². The van der Waals surface area contributed by atoms with E-state index in [-0.39, 0.29) is 6.61 Å². The lowest BCUT2D eigenvalue weighted by molar-refractivity contribution is 0.0526. The third kappa shape index (κ3) is 3.81. The molecule has 0 saturated carbocycles. The molecule has 0 fully saturated rings. The van der Waals surface area contributed by atoms with Crippen LogP contribution in [0.2, 0.25) is 0 Å². The third-order valence-electron chi connectivity index (χ3n) is 5.07. The number of ether oxygens (including phenoxy) is 1. The molecule has 0 bridgehead atoms. The van der Waals surface area contributed by atoms with Gasteiger partial charge in [-0.15, -0.1) is 0 Å². The van der Waals surface area contributed by atoms with Crippen LogP contribution in [-0.4, -0.2) is 42.1 Å². The van der Waals surface area contributed by atoms with E-state index in [9.17, 15) is 9.18 Å². The lowest BCUT2D eigenvalue weighted by Crippen LogP contribution is -2.06. The first-order chi connectivity index (χ1) is 16.5. The minimum atomic E-state index is -0.453. The van der Waals surface area contributed by atoms with Crippen LogP contribution in [0.25, 0.3) is 39.8 Å². The number of imidazole rings is 1. The minimum Gasteiger partial charge on any atom is -0.462 e. The zero-order chi connectivity index (χ0) is 23.7. The van der Waals surface area contributed by atoms with Crippen LogP contribution in [0.4, 0.5) is 10.2 Å².